The van der Waals surface area contributed by atoms with Gasteiger partial charge in [0.05, 0.1) is 11.9 Å². The van der Waals surface area contributed by atoms with Crippen LogP contribution in [0, 0.1) is 0 Å². The van der Waals surface area contributed by atoms with Crippen molar-refractivity contribution in [2.45, 2.75) is 82.5 Å². The number of carbonyl (C=O) groups is 2. The van der Waals surface area contributed by atoms with Crippen LogP contribution < -0.4 is 10.6 Å². The molecule has 2 unspecified atom stereocenters. The number of ketones is 1. The molecule has 3 fully saturated rings. The number of anilines is 1. The van der Waals surface area contributed by atoms with E-state index in [0.717, 1.165) is 73.5 Å². The van der Waals surface area contributed by atoms with E-state index in [4.69, 9.17) is 9.72 Å². The summed E-state index contributed by atoms with van der Waals surface area (Å²) in [6.07, 6.45) is 8.57. The highest BCUT2D eigenvalue weighted by molar-refractivity contribution is 6.01. The van der Waals surface area contributed by atoms with Crippen molar-refractivity contribution in [3.63, 3.8) is 0 Å². The molecule has 2 aromatic rings. The summed E-state index contributed by atoms with van der Waals surface area (Å²) < 4.78 is 7.56. The maximum atomic E-state index is 12.8. The van der Waals surface area contributed by atoms with Crippen molar-refractivity contribution in [3.8, 4) is 0 Å². The standard InChI is InChI=1S/C25H32N6O3/c1-14(2)21-13-27-31-23(10-22(29-24(21)31)15-3-6-19(32)7-15)28-16-8-17-4-5-18(9-16)30(17)25(33)34-20-11-26-12-20/h7,10,13-14,16-18,20,26,28H,3-6,8-9,11-12H2,1-2H3. The second-order valence-corrected chi connectivity index (χ2v) is 10.4. The minimum Gasteiger partial charge on any atom is -0.443 e. The number of nitrogens with zero attached hydrogens (tertiary/aromatic N) is 4. The van der Waals surface area contributed by atoms with Gasteiger partial charge in [-0.25, -0.2) is 9.78 Å². The maximum absolute atomic E-state index is 12.8. The van der Waals surface area contributed by atoms with Crippen LogP contribution in [0.5, 0.6) is 0 Å². The molecule has 2 bridgehead atoms. The number of piperidine rings is 1. The highest BCUT2D eigenvalue weighted by Crippen LogP contribution is 2.38. The van der Waals surface area contributed by atoms with Crippen LogP contribution in [0.3, 0.4) is 0 Å². The van der Waals surface area contributed by atoms with Crippen LogP contribution in [-0.4, -0.2) is 68.7 Å². The second kappa shape index (κ2) is 8.37. The molecule has 0 saturated carbocycles. The van der Waals surface area contributed by atoms with Crippen LogP contribution in [0.1, 0.15) is 69.5 Å². The maximum Gasteiger partial charge on any atom is 0.410 e. The SMILES string of the molecule is CC(C)c1cnn2c(NC3CC4CCC(C3)N4C(=O)OC3CNC3)cc(C3=CC(=O)CC3)nc12. The number of aromatic nitrogens is 3. The van der Waals surface area contributed by atoms with E-state index in [1.54, 1.807) is 6.08 Å². The molecule has 0 aromatic carbocycles. The molecular weight excluding hydrogens is 432 g/mol. The third-order valence-corrected chi connectivity index (χ3v) is 7.73. The molecule has 34 heavy (non-hydrogen) atoms. The fourth-order valence-corrected chi connectivity index (χ4v) is 5.80. The number of carbonyl (C=O) groups excluding carboxylic acids is 2. The Hall–Kier alpha value is -2.94. The van der Waals surface area contributed by atoms with Gasteiger partial charge in [0.25, 0.3) is 0 Å². The topological polar surface area (TPSA) is 101 Å². The number of amides is 1. The van der Waals surface area contributed by atoms with E-state index in [2.05, 4.69) is 29.6 Å². The van der Waals surface area contributed by atoms with Crippen LogP contribution in [0.15, 0.2) is 18.3 Å². The predicted octanol–water partition coefficient (Wildman–Crippen LogP) is 3.11. The summed E-state index contributed by atoms with van der Waals surface area (Å²) in [5.41, 5.74) is 3.78. The van der Waals surface area contributed by atoms with Crippen LogP contribution in [0.25, 0.3) is 11.2 Å². The van der Waals surface area contributed by atoms with Crippen molar-refractivity contribution < 1.29 is 14.3 Å². The lowest BCUT2D eigenvalue weighted by molar-refractivity contribution is -0.114. The smallest absolute Gasteiger partial charge is 0.410 e. The summed E-state index contributed by atoms with van der Waals surface area (Å²) >= 11 is 0. The van der Waals surface area contributed by atoms with Crippen LogP contribution >= 0.6 is 0 Å². The molecule has 2 aromatic heterocycles. The molecule has 9 nitrogen and oxygen atoms in total. The quantitative estimate of drug-likeness (QED) is 0.701. The Morgan fingerprint density at radius 1 is 1.21 bits per heavy atom. The molecule has 4 aliphatic rings. The minimum atomic E-state index is -0.155. The van der Waals surface area contributed by atoms with Gasteiger partial charge in [-0.05, 0) is 49.7 Å². The molecular formula is C25H32N6O3. The largest absolute Gasteiger partial charge is 0.443 e. The first-order valence-electron chi connectivity index (χ1n) is 12.5. The summed E-state index contributed by atoms with van der Waals surface area (Å²) in [5.74, 6) is 1.36. The summed E-state index contributed by atoms with van der Waals surface area (Å²) in [6.45, 7) is 5.79. The first-order chi connectivity index (χ1) is 16.5. The molecule has 180 valence electrons. The van der Waals surface area contributed by atoms with Crippen molar-refractivity contribution in [3.05, 3.63) is 29.6 Å². The Morgan fingerprint density at radius 3 is 2.59 bits per heavy atom. The van der Waals surface area contributed by atoms with Crippen LogP contribution in [0.2, 0.25) is 0 Å². The van der Waals surface area contributed by atoms with Crippen LogP contribution in [-0.2, 0) is 9.53 Å². The Labute approximate surface area is 198 Å². The molecule has 9 heteroatoms. The van der Waals surface area contributed by atoms with Crippen molar-refractivity contribution in [1.82, 2.24) is 24.8 Å². The lowest BCUT2D eigenvalue weighted by Gasteiger charge is -2.40. The average Bonchev–Trinajstić information content (AvgIpc) is 3.46. The molecule has 6 rings (SSSR count). The summed E-state index contributed by atoms with van der Waals surface area (Å²) in [6, 6.07) is 2.66. The van der Waals surface area contributed by atoms with Gasteiger partial charge >= 0.3 is 6.09 Å². The number of fused-ring (bicyclic) bond motifs is 3. The van der Waals surface area contributed by atoms with Crippen LogP contribution in [0.4, 0.5) is 10.6 Å². The lowest BCUT2D eigenvalue weighted by Crippen LogP contribution is -2.55. The Bertz CT molecular complexity index is 1150. The van der Waals surface area contributed by atoms with Gasteiger partial charge in [0.15, 0.2) is 11.4 Å². The molecule has 1 amide bonds. The Kier molecular flexibility index (Phi) is 5.32. The fraction of sp³-hybridized carbons (Fsp3) is 0.600. The number of allylic oxidation sites excluding steroid dienone is 2. The summed E-state index contributed by atoms with van der Waals surface area (Å²) in [4.78, 5) is 31.6. The minimum absolute atomic E-state index is 0.0121. The third-order valence-electron chi connectivity index (χ3n) is 7.73. The summed E-state index contributed by atoms with van der Waals surface area (Å²) in [5, 5.41) is 11.5. The van der Waals surface area contributed by atoms with E-state index in [-0.39, 0.29) is 36.1 Å². The van der Waals surface area contributed by atoms with Crippen molar-refractivity contribution in [1.29, 1.82) is 0 Å². The van der Waals surface area contributed by atoms with Crippen molar-refractivity contribution in [2.75, 3.05) is 18.4 Å². The first-order valence-corrected chi connectivity index (χ1v) is 12.5. The average molecular weight is 465 g/mol. The zero-order chi connectivity index (χ0) is 23.4. The molecule has 5 heterocycles. The molecule has 3 aliphatic heterocycles. The number of hydrogen-bond donors (Lipinski definition) is 2. The predicted molar refractivity (Wildman–Crippen MR) is 128 cm³/mol. The second-order valence-electron chi connectivity index (χ2n) is 10.4. The van der Waals surface area contributed by atoms with E-state index in [1.807, 2.05) is 21.7 Å². The van der Waals surface area contributed by atoms with Crippen molar-refractivity contribution >= 4 is 28.9 Å². The van der Waals surface area contributed by atoms with Gasteiger partial charge in [0.1, 0.15) is 11.9 Å². The molecule has 3 saturated heterocycles. The van der Waals surface area contributed by atoms with Gasteiger partial charge in [-0.3, -0.25) is 4.79 Å². The highest BCUT2D eigenvalue weighted by Gasteiger charge is 2.45. The Morgan fingerprint density at radius 2 is 1.97 bits per heavy atom. The van der Waals surface area contributed by atoms with Crippen molar-refractivity contribution in [2.24, 2.45) is 0 Å². The van der Waals surface area contributed by atoms with E-state index in [9.17, 15) is 9.59 Å². The van der Waals surface area contributed by atoms with Gasteiger partial charge in [0.2, 0.25) is 0 Å². The summed E-state index contributed by atoms with van der Waals surface area (Å²) in [7, 11) is 0. The number of rotatable bonds is 5. The fourth-order valence-electron chi connectivity index (χ4n) is 5.80. The molecule has 1 aliphatic carbocycles. The van der Waals surface area contributed by atoms with Gasteiger partial charge < -0.3 is 20.3 Å². The molecule has 0 radical (unpaired) electrons. The van der Waals surface area contributed by atoms with Gasteiger partial charge in [-0.15, -0.1) is 0 Å². The van der Waals surface area contributed by atoms with Gasteiger partial charge in [-0.2, -0.15) is 9.61 Å². The number of hydrogen-bond acceptors (Lipinski definition) is 7. The highest BCUT2D eigenvalue weighted by atomic mass is 16.6. The van der Waals surface area contributed by atoms with Gasteiger partial charge in [-0.1, -0.05) is 13.8 Å². The van der Waals surface area contributed by atoms with E-state index < -0.39 is 0 Å². The zero-order valence-electron chi connectivity index (χ0n) is 19.8. The Balaban J connectivity index is 1.26. The van der Waals surface area contributed by atoms with E-state index in [1.165, 1.54) is 0 Å². The number of nitrogens with one attached hydrogen (secondary N) is 2. The first kappa shape index (κ1) is 21.6. The van der Waals surface area contributed by atoms with E-state index in [0.29, 0.717) is 12.3 Å². The lowest BCUT2D eigenvalue weighted by atomic mass is 9.97. The van der Waals surface area contributed by atoms with Gasteiger partial charge in [0, 0.05) is 49.3 Å². The zero-order valence-corrected chi connectivity index (χ0v) is 19.8. The molecule has 2 atom stereocenters. The third kappa shape index (κ3) is 3.76. The van der Waals surface area contributed by atoms with E-state index >= 15 is 0 Å². The normalized spacial score (nSPS) is 26.8. The number of ether oxygens (including phenoxy) is 1. The molecule has 0 spiro atoms. The molecule has 2 N–H and O–H groups in total. The monoisotopic (exact) mass is 464 g/mol.